The van der Waals surface area contributed by atoms with Crippen molar-refractivity contribution < 1.29 is 9.21 Å². The standard InChI is InChI=1S/C16H10ClN3O2S/c1-9-7-23-16(20-9)11(6-18)14(21)13-15(22-8-19-13)10-4-2-3-5-12(10)17/h2-5,7-8,11H,1H3. The Balaban J connectivity index is 2.03. The molecule has 5 nitrogen and oxygen atoms in total. The van der Waals surface area contributed by atoms with Gasteiger partial charge < -0.3 is 4.42 Å². The first-order valence-electron chi connectivity index (χ1n) is 6.66. The summed E-state index contributed by atoms with van der Waals surface area (Å²) in [6.07, 6.45) is 1.17. The summed E-state index contributed by atoms with van der Waals surface area (Å²) >= 11 is 7.43. The van der Waals surface area contributed by atoms with Crippen molar-refractivity contribution in [2.75, 3.05) is 0 Å². The molecular weight excluding hydrogens is 334 g/mol. The Morgan fingerprint density at radius 3 is 2.87 bits per heavy atom. The lowest BCUT2D eigenvalue weighted by molar-refractivity contribution is 0.0975. The molecule has 0 aliphatic rings. The van der Waals surface area contributed by atoms with Gasteiger partial charge >= 0.3 is 0 Å². The van der Waals surface area contributed by atoms with Crippen molar-refractivity contribution in [1.29, 1.82) is 5.26 Å². The van der Waals surface area contributed by atoms with Crippen LogP contribution in [0, 0.1) is 18.3 Å². The molecule has 3 rings (SSSR count). The van der Waals surface area contributed by atoms with Crippen LogP contribution in [0.15, 0.2) is 40.5 Å². The van der Waals surface area contributed by atoms with E-state index in [1.165, 1.54) is 17.7 Å². The number of carbonyl (C=O) groups is 1. The molecule has 1 unspecified atom stereocenters. The molecule has 0 fully saturated rings. The van der Waals surface area contributed by atoms with E-state index in [9.17, 15) is 10.1 Å². The Bertz CT molecular complexity index is 910. The summed E-state index contributed by atoms with van der Waals surface area (Å²) in [6.45, 7) is 1.81. The summed E-state index contributed by atoms with van der Waals surface area (Å²) < 4.78 is 5.35. The molecule has 0 aliphatic carbocycles. The van der Waals surface area contributed by atoms with Crippen LogP contribution in [0.4, 0.5) is 0 Å². The number of hydrogen-bond donors (Lipinski definition) is 0. The highest BCUT2D eigenvalue weighted by Crippen LogP contribution is 2.33. The van der Waals surface area contributed by atoms with Gasteiger partial charge in [0.2, 0.25) is 5.78 Å². The maximum Gasteiger partial charge on any atom is 0.209 e. The smallest absolute Gasteiger partial charge is 0.209 e. The van der Waals surface area contributed by atoms with E-state index in [-0.39, 0.29) is 11.5 Å². The summed E-state index contributed by atoms with van der Waals surface area (Å²) in [5.41, 5.74) is 1.41. The number of ketones is 1. The summed E-state index contributed by atoms with van der Waals surface area (Å²) in [5.74, 6) is -1.21. The summed E-state index contributed by atoms with van der Waals surface area (Å²) in [6, 6.07) is 8.98. The number of rotatable bonds is 4. The van der Waals surface area contributed by atoms with E-state index in [0.29, 0.717) is 15.6 Å². The van der Waals surface area contributed by atoms with Crippen LogP contribution in [0.5, 0.6) is 0 Å². The molecule has 3 aromatic rings. The van der Waals surface area contributed by atoms with Crippen LogP contribution in [0.3, 0.4) is 0 Å². The predicted octanol–water partition coefficient (Wildman–Crippen LogP) is 4.25. The maximum atomic E-state index is 12.7. The number of oxazole rings is 1. The molecule has 0 amide bonds. The lowest BCUT2D eigenvalue weighted by Gasteiger charge is -2.05. The zero-order valence-corrected chi connectivity index (χ0v) is 13.6. The minimum Gasteiger partial charge on any atom is -0.443 e. The molecule has 0 spiro atoms. The highest BCUT2D eigenvalue weighted by Gasteiger charge is 2.30. The van der Waals surface area contributed by atoms with Crippen molar-refractivity contribution >= 4 is 28.7 Å². The zero-order chi connectivity index (χ0) is 16.4. The van der Waals surface area contributed by atoms with Gasteiger partial charge in [0.15, 0.2) is 23.8 Å². The number of halogens is 1. The lowest BCUT2D eigenvalue weighted by Crippen LogP contribution is -2.12. The number of benzene rings is 1. The minimum absolute atomic E-state index is 0.0810. The molecule has 2 heterocycles. The van der Waals surface area contributed by atoms with E-state index < -0.39 is 11.7 Å². The first-order valence-corrected chi connectivity index (χ1v) is 7.92. The number of aryl methyl sites for hydroxylation is 1. The molecule has 0 bridgehead atoms. The van der Waals surface area contributed by atoms with E-state index in [0.717, 1.165) is 5.69 Å². The third-order valence-corrected chi connectivity index (χ3v) is 4.55. The quantitative estimate of drug-likeness (QED) is 0.661. The van der Waals surface area contributed by atoms with Crippen molar-refractivity contribution in [3.05, 3.63) is 57.5 Å². The van der Waals surface area contributed by atoms with Crippen molar-refractivity contribution in [3.63, 3.8) is 0 Å². The van der Waals surface area contributed by atoms with Crippen LogP contribution >= 0.6 is 22.9 Å². The Hall–Kier alpha value is -2.49. The Labute approximate surface area is 141 Å². The van der Waals surface area contributed by atoms with Crippen LogP contribution in [-0.4, -0.2) is 15.8 Å². The van der Waals surface area contributed by atoms with Crippen LogP contribution in [0.1, 0.15) is 27.1 Å². The molecule has 2 aromatic heterocycles. The number of nitrogens with zero attached hydrogens (tertiary/aromatic N) is 3. The van der Waals surface area contributed by atoms with Crippen molar-refractivity contribution in [2.45, 2.75) is 12.8 Å². The molecule has 0 N–H and O–H groups in total. The average molecular weight is 344 g/mol. The molecular formula is C16H10ClN3O2S. The van der Waals surface area contributed by atoms with Gasteiger partial charge in [-0.3, -0.25) is 4.79 Å². The van der Waals surface area contributed by atoms with Gasteiger partial charge in [-0.2, -0.15) is 5.26 Å². The van der Waals surface area contributed by atoms with Gasteiger partial charge in [0.25, 0.3) is 0 Å². The Morgan fingerprint density at radius 1 is 1.43 bits per heavy atom. The molecule has 0 saturated heterocycles. The van der Waals surface area contributed by atoms with Crippen LogP contribution in [0.2, 0.25) is 5.02 Å². The van der Waals surface area contributed by atoms with E-state index in [2.05, 4.69) is 9.97 Å². The average Bonchev–Trinajstić information content (AvgIpc) is 3.18. The van der Waals surface area contributed by atoms with Gasteiger partial charge in [-0.15, -0.1) is 11.3 Å². The molecule has 23 heavy (non-hydrogen) atoms. The minimum atomic E-state index is -1.01. The first-order chi connectivity index (χ1) is 11.1. The van der Waals surface area contributed by atoms with Gasteiger partial charge in [0.1, 0.15) is 5.01 Å². The number of thiazole rings is 1. The molecule has 0 radical (unpaired) electrons. The third-order valence-electron chi connectivity index (χ3n) is 3.19. The second kappa shape index (κ2) is 6.32. The fourth-order valence-corrected chi connectivity index (χ4v) is 3.18. The number of hydrogen-bond acceptors (Lipinski definition) is 6. The van der Waals surface area contributed by atoms with Crippen LogP contribution in [0.25, 0.3) is 11.3 Å². The van der Waals surface area contributed by atoms with Crippen molar-refractivity contribution in [2.24, 2.45) is 0 Å². The molecule has 7 heteroatoms. The predicted molar refractivity (Wildman–Crippen MR) is 86.5 cm³/mol. The van der Waals surface area contributed by atoms with Gasteiger partial charge in [0, 0.05) is 16.6 Å². The number of Topliss-reactive ketones (excluding diaryl/α,β-unsaturated/α-hetero) is 1. The van der Waals surface area contributed by atoms with Crippen LogP contribution in [-0.2, 0) is 0 Å². The first kappa shape index (κ1) is 15.4. The second-order valence-electron chi connectivity index (χ2n) is 4.76. The highest BCUT2D eigenvalue weighted by atomic mass is 35.5. The largest absolute Gasteiger partial charge is 0.443 e. The van der Waals surface area contributed by atoms with Crippen LogP contribution < -0.4 is 0 Å². The number of carbonyl (C=O) groups excluding carboxylic acids is 1. The maximum absolute atomic E-state index is 12.7. The summed E-state index contributed by atoms with van der Waals surface area (Å²) in [7, 11) is 0. The lowest BCUT2D eigenvalue weighted by atomic mass is 10.0. The topological polar surface area (TPSA) is 79.8 Å². The molecule has 0 aliphatic heterocycles. The van der Waals surface area contributed by atoms with E-state index in [1.807, 2.05) is 13.0 Å². The second-order valence-corrected chi connectivity index (χ2v) is 6.06. The molecule has 114 valence electrons. The summed E-state index contributed by atoms with van der Waals surface area (Å²) in [5, 5.41) is 12.1. The third kappa shape index (κ3) is 2.89. The van der Waals surface area contributed by atoms with Gasteiger partial charge in [-0.25, -0.2) is 9.97 Å². The summed E-state index contributed by atoms with van der Waals surface area (Å²) in [4.78, 5) is 20.9. The normalized spacial score (nSPS) is 11.9. The Kier molecular flexibility index (Phi) is 4.24. The highest BCUT2D eigenvalue weighted by molar-refractivity contribution is 7.10. The van der Waals surface area contributed by atoms with E-state index in [4.69, 9.17) is 16.0 Å². The number of aromatic nitrogens is 2. The van der Waals surface area contributed by atoms with E-state index >= 15 is 0 Å². The fraction of sp³-hybridized carbons (Fsp3) is 0.125. The zero-order valence-electron chi connectivity index (χ0n) is 12.0. The van der Waals surface area contributed by atoms with Crippen molar-refractivity contribution in [1.82, 2.24) is 9.97 Å². The SMILES string of the molecule is Cc1csc(C(C#N)C(=O)c2ncoc2-c2ccccc2Cl)n1. The fourth-order valence-electron chi connectivity index (χ4n) is 2.13. The molecule has 0 saturated carbocycles. The van der Waals surface area contributed by atoms with Gasteiger partial charge in [0.05, 0.1) is 11.1 Å². The van der Waals surface area contributed by atoms with Gasteiger partial charge in [-0.1, -0.05) is 23.7 Å². The molecule has 1 aromatic carbocycles. The molecule has 1 atom stereocenters. The Morgan fingerprint density at radius 2 is 2.22 bits per heavy atom. The number of nitriles is 1. The monoisotopic (exact) mass is 343 g/mol. The van der Waals surface area contributed by atoms with Gasteiger partial charge in [-0.05, 0) is 19.1 Å². The van der Waals surface area contributed by atoms with E-state index in [1.54, 1.807) is 29.6 Å². The van der Waals surface area contributed by atoms with Crippen molar-refractivity contribution in [3.8, 4) is 17.4 Å².